The Hall–Kier alpha value is -3.56. The van der Waals surface area contributed by atoms with Crippen LogP contribution in [0.25, 0.3) is 5.82 Å². The third-order valence-corrected chi connectivity index (χ3v) is 4.26. The summed E-state index contributed by atoms with van der Waals surface area (Å²) in [6.45, 7) is 8.03. The van der Waals surface area contributed by atoms with Gasteiger partial charge in [-0.25, -0.2) is 10.1 Å². The number of carbonyl (C=O) groups is 1. The number of nitrogens with zero attached hydrogens (tertiary/aromatic N) is 6. The number of benzene rings is 1. The molecule has 0 aliphatic carbocycles. The van der Waals surface area contributed by atoms with Crippen molar-refractivity contribution in [2.75, 3.05) is 5.73 Å². The molecule has 3 N–H and O–H groups in total. The Balaban J connectivity index is 1.83. The number of hydrogen-bond acceptors (Lipinski definition) is 8. The number of carbonyl (C=O) groups excluding carboxylic acids is 1. The van der Waals surface area contributed by atoms with Crippen LogP contribution in [0.5, 0.6) is 0 Å². The Morgan fingerprint density at radius 1 is 1.29 bits per heavy atom. The molecule has 0 aliphatic rings. The third kappa shape index (κ3) is 3.75. The average Bonchev–Trinajstić information content (AvgIpc) is 3.23. The van der Waals surface area contributed by atoms with Crippen LogP contribution < -0.4 is 11.2 Å². The fraction of sp³-hybridized carbons (Fsp3) is 0.333. The average molecular weight is 382 g/mol. The Morgan fingerprint density at radius 3 is 2.61 bits per heavy atom. The molecule has 28 heavy (non-hydrogen) atoms. The molecule has 0 spiro atoms. The van der Waals surface area contributed by atoms with E-state index in [0.29, 0.717) is 12.1 Å². The summed E-state index contributed by atoms with van der Waals surface area (Å²) < 4.78 is 5.97. The number of hydrazone groups is 1. The number of nitrogen functional groups attached to an aromatic ring is 1. The number of nitrogens with one attached hydrogen (secondary N) is 1. The van der Waals surface area contributed by atoms with Crippen LogP contribution in [-0.2, 0) is 6.42 Å². The van der Waals surface area contributed by atoms with Crippen LogP contribution in [0.15, 0.2) is 21.9 Å². The highest BCUT2D eigenvalue weighted by Gasteiger charge is 2.23. The summed E-state index contributed by atoms with van der Waals surface area (Å²) in [6.07, 6.45) is 2.94. The number of aromatic nitrogens is 5. The summed E-state index contributed by atoms with van der Waals surface area (Å²) in [4.78, 5) is 12.6. The zero-order valence-corrected chi connectivity index (χ0v) is 16.2. The predicted octanol–water partition coefficient (Wildman–Crippen LogP) is 1.87. The van der Waals surface area contributed by atoms with Crippen molar-refractivity contribution >= 4 is 17.9 Å². The standard InChI is InChI=1S/C18H22N8O2/c1-5-6-14-15(21-25-26(14)17-16(19)23-28-24-17)18(27)22-20-9-13-11(3)7-10(2)8-12(13)4/h7-9H,5-6H2,1-4H3,(H2,19,23)(H,22,27)/b20-9-. The number of amides is 1. The quantitative estimate of drug-likeness (QED) is 0.490. The number of rotatable bonds is 6. The van der Waals surface area contributed by atoms with Gasteiger partial charge in [0.1, 0.15) is 0 Å². The van der Waals surface area contributed by atoms with Crippen molar-refractivity contribution in [3.63, 3.8) is 0 Å². The molecule has 10 heteroatoms. The van der Waals surface area contributed by atoms with E-state index >= 15 is 0 Å². The highest BCUT2D eigenvalue weighted by Crippen LogP contribution is 2.17. The van der Waals surface area contributed by atoms with Crippen molar-refractivity contribution in [1.82, 2.24) is 30.7 Å². The minimum absolute atomic E-state index is 0.0672. The Morgan fingerprint density at radius 2 is 2.00 bits per heavy atom. The van der Waals surface area contributed by atoms with E-state index in [1.807, 2.05) is 27.7 Å². The lowest BCUT2D eigenvalue weighted by molar-refractivity contribution is 0.0949. The number of anilines is 1. The van der Waals surface area contributed by atoms with E-state index in [0.717, 1.165) is 23.1 Å². The molecule has 2 aromatic heterocycles. The maximum absolute atomic E-state index is 12.6. The van der Waals surface area contributed by atoms with E-state index in [4.69, 9.17) is 5.73 Å². The SMILES string of the molecule is CCCc1c(C(=O)N/N=C\c2c(C)cc(C)cc2C)nnn1-c1nonc1N. The molecule has 1 aromatic carbocycles. The van der Waals surface area contributed by atoms with Gasteiger partial charge in [0.15, 0.2) is 5.69 Å². The van der Waals surface area contributed by atoms with Crippen molar-refractivity contribution in [2.45, 2.75) is 40.5 Å². The minimum Gasteiger partial charge on any atom is -0.378 e. The lowest BCUT2D eigenvalue weighted by atomic mass is 10.0. The molecule has 10 nitrogen and oxygen atoms in total. The zero-order valence-electron chi connectivity index (χ0n) is 16.2. The zero-order chi connectivity index (χ0) is 20.3. The van der Waals surface area contributed by atoms with Gasteiger partial charge in [0.2, 0.25) is 11.6 Å². The molecule has 0 radical (unpaired) electrons. The monoisotopic (exact) mass is 382 g/mol. The summed E-state index contributed by atoms with van der Waals surface area (Å²) in [7, 11) is 0. The molecule has 0 fully saturated rings. The van der Waals surface area contributed by atoms with Crippen LogP contribution in [0.3, 0.4) is 0 Å². The van der Waals surface area contributed by atoms with E-state index in [2.05, 4.69) is 47.9 Å². The Kier molecular flexibility index (Phi) is 5.48. The van der Waals surface area contributed by atoms with Gasteiger partial charge in [-0.05, 0) is 48.6 Å². The maximum Gasteiger partial charge on any atom is 0.293 e. The van der Waals surface area contributed by atoms with Crippen molar-refractivity contribution in [2.24, 2.45) is 5.10 Å². The first-order valence-electron chi connectivity index (χ1n) is 8.86. The highest BCUT2D eigenvalue weighted by molar-refractivity contribution is 5.94. The third-order valence-electron chi connectivity index (χ3n) is 4.26. The second-order valence-corrected chi connectivity index (χ2v) is 6.53. The topological polar surface area (TPSA) is 137 Å². The first kappa shape index (κ1) is 19.2. The van der Waals surface area contributed by atoms with Gasteiger partial charge in [0.05, 0.1) is 11.9 Å². The first-order chi connectivity index (χ1) is 13.4. The van der Waals surface area contributed by atoms with E-state index in [9.17, 15) is 4.79 Å². The number of aryl methyl sites for hydroxylation is 3. The van der Waals surface area contributed by atoms with Crippen LogP contribution >= 0.6 is 0 Å². The second-order valence-electron chi connectivity index (χ2n) is 6.53. The molecule has 3 rings (SSSR count). The van der Waals surface area contributed by atoms with Gasteiger partial charge in [-0.15, -0.1) is 5.10 Å². The van der Waals surface area contributed by atoms with Crippen LogP contribution in [0.1, 0.15) is 51.8 Å². The van der Waals surface area contributed by atoms with E-state index in [1.54, 1.807) is 6.21 Å². The molecule has 1 amide bonds. The molecule has 3 aromatic rings. The lowest BCUT2D eigenvalue weighted by Crippen LogP contribution is -2.20. The molecule has 0 saturated carbocycles. The van der Waals surface area contributed by atoms with Gasteiger partial charge in [0, 0.05) is 5.56 Å². The second kappa shape index (κ2) is 7.99. The molecular weight excluding hydrogens is 360 g/mol. The van der Waals surface area contributed by atoms with Gasteiger partial charge >= 0.3 is 0 Å². The van der Waals surface area contributed by atoms with Gasteiger partial charge in [-0.2, -0.15) is 9.78 Å². The summed E-state index contributed by atoms with van der Waals surface area (Å²) in [6, 6.07) is 4.13. The smallest absolute Gasteiger partial charge is 0.293 e. The first-order valence-corrected chi connectivity index (χ1v) is 8.86. The summed E-state index contributed by atoms with van der Waals surface area (Å²) >= 11 is 0. The van der Waals surface area contributed by atoms with Crippen molar-refractivity contribution in [1.29, 1.82) is 0 Å². The largest absolute Gasteiger partial charge is 0.378 e. The predicted molar refractivity (Wildman–Crippen MR) is 103 cm³/mol. The van der Waals surface area contributed by atoms with E-state index in [1.165, 1.54) is 10.2 Å². The number of hydrogen-bond donors (Lipinski definition) is 2. The van der Waals surface area contributed by atoms with Gasteiger partial charge < -0.3 is 5.73 Å². The molecule has 0 bridgehead atoms. The summed E-state index contributed by atoms with van der Waals surface area (Å²) in [5, 5.41) is 19.3. The van der Waals surface area contributed by atoms with Crippen LogP contribution in [-0.4, -0.2) is 37.4 Å². The highest BCUT2D eigenvalue weighted by atomic mass is 16.6. The number of nitrogens with two attached hydrogens (primary N) is 1. The van der Waals surface area contributed by atoms with Crippen LogP contribution in [0.4, 0.5) is 5.82 Å². The normalized spacial score (nSPS) is 11.3. The minimum atomic E-state index is -0.469. The van der Waals surface area contributed by atoms with Crippen molar-refractivity contribution in [3.05, 3.63) is 45.8 Å². The molecule has 0 aliphatic heterocycles. The van der Waals surface area contributed by atoms with Crippen LogP contribution in [0.2, 0.25) is 0 Å². The fourth-order valence-electron chi connectivity index (χ4n) is 3.05. The summed E-state index contributed by atoms with van der Waals surface area (Å²) in [5.74, 6) is -0.203. The fourth-order valence-corrected chi connectivity index (χ4v) is 3.05. The van der Waals surface area contributed by atoms with Gasteiger partial charge in [0.25, 0.3) is 5.91 Å². The molecule has 0 unspecified atom stereocenters. The lowest BCUT2D eigenvalue weighted by Gasteiger charge is -2.06. The van der Waals surface area contributed by atoms with Crippen molar-refractivity contribution in [3.8, 4) is 5.82 Å². The van der Waals surface area contributed by atoms with Crippen LogP contribution in [0, 0.1) is 20.8 Å². The van der Waals surface area contributed by atoms with E-state index in [-0.39, 0.29) is 17.3 Å². The van der Waals surface area contributed by atoms with Crippen molar-refractivity contribution < 1.29 is 9.42 Å². The molecule has 0 saturated heterocycles. The molecular formula is C18H22N8O2. The Bertz CT molecular complexity index is 1010. The molecule has 0 atom stereocenters. The molecule has 146 valence electrons. The molecule has 2 heterocycles. The van der Waals surface area contributed by atoms with Gasteiger partial charge in [-0.3, -0.25) is 4.79 Å². The maximum atomic E-state index is 12.6. The Labute approximate surface area is 161 Å². The summed E-state index contributed by atoms with van der Waals surface area (Å²) in [5.41, 5.74) is 13.3. The van der Waals surface area contributed by atoms with E-state index < -0.39 is 5.91 Å². The van der Waals surface area contributed by atoms with Gasteiger partial charge in [-0.1, -0.05) is 36.3 Å².